The molecule has 104 valence electrons. The van der Waals surface area contributed by atoms with E-state index in [9.17, 15) is 4.79 Å². The molecule has 2 atom stereocenters. The fourth-order valence-corrected chi connectivity index (χ4v) is 2.71. The SMILES string of the molecule is CC(C)(C)OC(=O)NC1Cc2ccccc2N(P)C1. The summed E-state index contributed by atoms with van der Waals surface area (Å²) in [5.74, 6) is 0. The molecule has 0 radical (unpaired) electrons. The van der Waals surface area contributed by atoms with E-state index in [1.54, 1.807) is 0 Å². The van der Waals surface area contributed by atoms with Gasteiger partial charge in [0.15, 0.2) is 0 Å². The molecule has 2 unspecified atom stereocenters. The summed E-state index contributed by atoms with van der Waals surface area (Å²) in [6.07, 6.45) is 0.482. The van der Waals surface area contributed by atoms with Crippen molar-refractivity contribution in [2.45, 2.75) is 38.8 Å². The van der Waals surface area contributed by atoms with Crippen LogP contribution in [-0.4, -0.2) is 24.3 Å². The largest absolute Gasteiger partial charge is 0.444 e. The minimum absolute atomic E-state index is 0.0715. The first-order chi connectivity index (χ1) is 8.85. The highest BCUT2D eigenvalue weighted by atomic mass is 31.0. The Bertz CT molecular complexity index is 471. The second-order valence-corrected chi connectivity index (χ2v) is 6.45. The van der Waals surface area contributed by atoms with Crippen LogP contribution in [0.15, 0.2) is 24.3 Å². The Kier molecular flexibility index (Phi) is 4.00. The summed E-state index contributed by atoms with van der Waals surface area (Å²) in [6.45, 7) is 6.36. The summed E-state index contributed by atoms with van der Waals surface area (Å²) in [5.41, 5.74) is 1.98. The topological polar surface area (TPSA) is 41.6 Å². The molecule has 1 N–H and O–H groups in total. The van der Waals surface area contributed by atoms with Gasteiger partial charge in [0, 0.05) is 12.2 Å². The van der Waals surface area contributed by atoms with Crippen LogP contribution < -0.4 is 9.99 Å². The minimum atomic E-state index is -0.461. The molecule has 0 fully saturated rings. The monoisotopic (exact) mass is 280 g/mol. The Labute approximate surface area is 116 Å². The second-order valence-electron chi connectivity index (χ2n) is 5.83. The lowest BCUT2D eigenvalue weighted by Gasteiger charge is -2.33. The molecule has 0 saturated carbocycles. The zero-order chi connectivity index (χ0) is 14.0. The Morgan fingerprint density at radius 2 is 2.11 bits per heavy atom. The number of anilines is 1. The Hall–Kier alpha value is -1.28. The summed E-state index contributed by atoms with van der Waals surface area (Å²) >= 11 is 0. The first kappa shape index (κ1) is 14.1. The molecule has 19 heavy (non-hydrogen) atoms. The van der Waals surface area contributed by atoms with Crippen molar-refractivity contribution in [1.82, 2.24) is 5.32 Å². The minimum Gasteiger partial charge on any atom is -0.444 e. The van der Waals surface area contributed by atoms with Crippen molar-refractivity contribution in [1.29, 1.82) is 0 Å². The lowest BCUT2D eigenvalue weighted by atomic mass is 10.00. The third-order valence-electron chi connectivity index (χ3n) is 2.91. The molecule has 2 rings (SSSR count). The number of alkyl carbamates (subject to hydrolysis) is 1. The van der Waals surface area contributed by atoms with E-state index in [0.717, 1.165) is 13.0 Å². The smallest absolute Gasteiger partial charge is 0.407 e. The van der Waals surface area contributed by atoms with Crippen LogP contribution in [-0.2, 0) is 11.2 Å². The van der Waals surface area contributed by atoms with Gasteiger partial charge in [-0.25, -0.2) is 4.79 Å². The molecule has 5 heteroatoms. The van der Waals surface area contributed by atoms with Gasteiger partial charge in [0.1, 0.15) is 5.60 Å². The molecule has 4 nitrogen and oxygen atoms in total. The molecule has 1 aliphatic heterocycles. The van der Waals surface area contributed by atoms with Gasteiger partial charge in [0.2, 0.25) is 0 Å². The highest BCUT2D eigenvalue weighted by Gasteiger charge is 2.25. The average Bonchev–Trinajstić information content (AvgIpc) is 2.26. The van der Waals surface area contributed by atoms with E-state index in [-0.39, 0.29) is 12.1 Å². The number of carbonyl (C=O) groups is 1. The average molecular weight is 280 g/mol. The first-order valence-corrected chi connectivity index (χ1v) is 6.96. The highest BCUT2D eigenvalue weighted by Crippen LogP contribution is 2.29. The van der Waals surface area contributed by atoms with Crippen LogP contribution in [0.4, 0.5) is 10.5 Å². The molecule has 1 aromatic rings. The molecule has 0 saturated heterocycles. The number of nitrogens with zero attached hydrogens (tertiary/aromatic N) is 1. The van der Waals surface area contributed by atoms with Crippen LogP contribution in [0.25, 0.3) is 0 Å². The number of hydrogen-bond donors (Lipinski definition) is 1. The van der Waals surface area contributed by atoms with E-state index in [1.165, 1.54) is 11.3 Å². The van der Waals surface area contributed by atoms with Gasteiger partial charge in [-0.2, -0.15) is 0 Å². The normalized spacial score (nSPS) is 18.7. The lowest BCUT2D eigenvalue weighted by Crippen LogP contribution is -2.47. The molecule has 0 aliphatic carbocycles. The second kappa shape index (κ2) is 5.38. The fraction of sp³-hybridized carbons (Fsp3) is 0.500. The van der Waals surface area contributed by atoms with Crippen molar-refractivity contribution in [3.63, 3.8) is 0 Å². The third kappa shape index (κ3) is 3.84. The predicted molar refractivity (Wildman–Crippen MR) is 80.4 cm³/mol. The number of carbonyl (C=O) groups excluding carboxylic acids is 1. The van der Waals surface area contributed by atoms with Gasteiger partial charge in [-0.3, -0.25) is 0 Å². The molecule has 1 amide bonds. The molecule has 1 aromatic carbocycles. The quantitative estimate of drug-likeness (QED) is 0.804. The number of hydrogen-bond acceptors (Lipinski definition) is 3. The molecule has 0 aromatic heterocycles. The number of amides is 1. The van der Waals surface area contributed by atoms with E-state index in [1.807, 2.05) is 32.9 Å². The summed E-state index contributed by atoms with van der Waals surface area (Å²) in [6, 6.07) is 8.30. The van der Waals surface area contributed by atoms with E-state index in [2.05, 4.69) is 31.5 Å². The van der Waals surface area contributed by atoms with Crippen molar-refractivity contribution >= 4 is 21.2 Å². The number of nitrogens with one attached hydrogen (secondary N) is 1. The lowest BCUT2D eigenvalue weighted by molar-refractivity contribution is 0.0505. The van der Waals surface area contributed by atoms with Crippen molar-refractivity contribution in [3.8, 4) is 0 Å². The van der Waals surface area contributed by atoms with Crippen LogP contribution in [0.2, 0.25) is 0 Å². The van der Waals surface area contributed by atoms with Crippen molar-refractivity contribution < 1.29 is 9.53 Å². The number of para-hydroxylation sites is 1. The van der Waals surface area contributed by atoms with Crippen LogP contribution in [0.1, 0.15) is 26.3 Å². The van der Waals surface area contributed by atoms with Gasteiger partial charge < -0.3 is 14.7 Å². The van der Waals surface area contributed by atoms with Crippen molar-refractivity contribution in [2.75, 3.05) is 11.2 Å². The standard InChI is InChI=1S/C14H21N2O2P/c1-14(2,3)18-13(17)15-11-8-10-6-4-5-7-12(10)16(19)9-11/h4-7,11H,8-9,19H2,1-3H3,(H,15,17). The number of ether oxygens (including phenoxy) is 1. The van der Waals surface area contributed by atoms with Gasteiger partial charge in [0.25, 0.3) is 0 Å². The van der Waals surface area contributed by atoms with Gasteiger partial charge >= 0.3 is 6.09 Å². The Morgan fingerprint density at radius 1 is 1.42 bits per heavy atom. The van der Waals surface area contributed by atoms with Crippen LogP contribution in [0.5, 0.6) is 0 Å². The van der Waals surface area contributed by atoms with E-state index < -0.39 is 5.60 Å². The Morgan fingerprint density at radius 3 is 2.79 bits per heavy atom. The van der Waals surface area contributed by atoms with Gasteiger partial charge in [-0.15, -0.1) is 0 Å². The summed E-state index contributed by atoms with van der Waals surface area (Å²) < 4.78 is 7.37. The maximum Gasteiger partial charge on any atom is 0.407 e. The van der Waals surface area contributed by atoms with E-state index in [4.69, 9.17) is 4.74 Å². The molecule has 1 aliphatic rings. The predicted octanol–water partition coefficient (Wildman–Crippen LogP) is 2.73. The summed E-state index contributed by atoms with van der Waals surface area (Å²) in [5, 5.41) is 2.93. The summed E-state index contributed by atoms with van der Waals surface area (Å²) in [7, 11) is 2.70. The molecular weight excluding hydrogens is 259 g/mol. The third-order valence-corrected chi connectivity index (χ3v) is 3.39. The molecular formula is C14H21N2O2P. The van der Waals surface area contributed by atoms with Crippen LogP contribution >= 0.6 is 9.39 Å². The van der Waals surface area contributed by atoms with Gasteiger partial charge in [-0.1, -0.05) is 18.2 Å². The van der Waals surface area contributed by atoms with E-state index in [0.29, 0.717) is 0 Å². The molecule has 0 spiro atoms. The van der Waals surface area contributed by atoms with Crippen LogP contribution in [0.3, 0.4) is 0 Å². The number of fused-ring (bicyclic) bond motifs is 1. The fourth-order valence-electron chi connectivity index (χ4n) is 2.20. The molecule has 0 bridgehead atoms. The van der Waals surface area contributed by atoms with E-state index >= 15 is 0 Å². The summed E-state index contributed by atoms with van der Waals surface area (Å²) in [4.78, 5) is 11.8. The maximum absolute atomic E-state index is 11.8. The Balaban J connectivity index is 2.00. The van der Waals surface area contributed by atoms with Gasteiger partial charge in [0.05, 0.1) is 6.04 Å². The number of benzene rings is 1. The zero-order valence-corrected chi connectivity index (χ0v) is 12.8. The van der Waals surface area contributed by atoms with Crippen molar-refractivity contribution in [3.05, 3.63) is 29.8 Å². The zero-order valence-electron chi connectivity index (χ0n) is 11.6. The van der Waals surface area contributed by atoms with Gasteiger partial charge in [-0.05, 0) is 48.2 Å². The number of rotatable bonds is 1. The highest BCUT2D eigenvalue weighted by molar-refractivity contribution is 7.19. The maximum atomic E-state index is 11.8. The first-order valence-electron chi connectivity index (χ1n) is 6.45. The van der Waals surface area contributed by atoms with Crippen LogP contribution in [0, 0.1) is 0 Å². The van der Waals surface area contributed by atoms with Crippen molar-refractivity contribution in [2.24, 2.45) is 0 Å². The molecule has 1 heterocycles.